The molecule has 1 aromatic carbocycles. The fourth-order valence-electron chi connectivity index (χ4n) is 3.99. The van der Waals surface area contributed by atoms with Crippen LogP contribution >= 0.6 is 11.3 Å². The van der Waals surface area contributed by atoms with Crippen LogP contribution in [-0.2, 0) is 22.5 Å². The van der Waals surface area contributed by atoms with Gasteiger partial charge in [-0.3, -0.25) is 14.9 Å². The van der Waals surface area contributed by atoms with Crippen molar-refractivity contribution >= 4 is 39.3 Å². The average Bonchev–Trinajstić information content (AvgIpc) is 3.47. The Bertz CT molecular complexity index is 1260. The van der Waals surface area contributed by atoms with Crippen LogP contribution in [0.4, 0.5) is 5.13 Å². The molecule has 2 aromatic heterocycles. The highest BCUT2D eigenvalue weighted by atomic mass is 32.1. The van der Waals surface area contributed by atoms with Gasteiger partial charge in [0.2, 0.25) is 0 Å². The number of nitrogens with one attached hydrogen (secondary N) is 1. The first-order valence-corrected chi connectivity index (χ1v) is 11.2. The summed E-state index contributed by atoms with van der Waals surface area (Å²) in [5.74, 6) is -0.151. The lowest BCUT2D eigenvalue weighted by Crippen LogP contribution is -2.37. The molecule has 1 saturated heterocycles. The van der Waals surface area contributed by atoms with E-state index in [2.05, 4.69) is 10.3 Å². The van der Waals surface area contributed by atoms with Gasteiger partial charge >= 0.3 is 5.63 Å². The molecule has 0 aliphatic carbocycles. The van der Waals surface area contributed by atoms with Gasteiger partial charge in [-0.2, -0.15) is 0 Å². The highest BCUT2D eigenvalue weighted by molar-refractivity contribution is 7.15. The summed E-state index contributed by atoms with van der Waals surface area (Å²) in [5.41, 5.74) is 0.445. The maximum absolute atomic E-state index is 13.1. The number of para-hydroxylation sites is 1. The number of aromatic nitrogens is 1. The molecule has 2 aliphatic heterocycles. The molecule has 2 amide bonds. The topological polar surface area (TPSA) is 111 Å². The molecule has 166 valence electrons. The Balaban J connectivity index is 1.35. The minimum atomic E-state index is -0.702. The summed E-state index contributed by atoms with van der Waals surface area (Å²) in [5, 5.41) is 3.93. The first-order valence-electron chi connectivity index (χ1n) is 10.3. The van der Waals surface area contributed by atoms with Crippen LogP contribution in [0.15, 0.2) is 33.5 Å². The second-order valence-electron chi connectivity index (χ2n) is 7.68. The summed E-state index contributed by atoms with van der Waals surface area (Å²) in [6.45, 7) is 1.33. The maximum Gasteiger partial charge on any atom is 0.349 e. The van der Waals surface area contributed by atoms with E-state index in [0.717, 1.165) is 17.0 Å². The zero-order valence-corrected chi connectivity index (χ0v) is 18.2. The van der Waals surface area contributed by atoms with Crippen molar-refractivity contribution in [1.82, 2.24) is 9.88 Å². The van der Waals surface area contributed by atoms with Gasteiger partial charge in [-0.1, -0.05) is 23.5 Å². The second-order valence-corrected chi connectivity index (χ2v) is 8.77. The van der Waals surface area contributed by atoms with E-state index >= 15 is 0 Å². The van der Waals surface area contributed by atoms with E-state index < -0.39 is 17.6 Å². The zero-order chi connectivity index (χ0) is 22.2. The molecule has 2 aliphatic rings. The van der Waals surface area contributed by atoms with E-state index in [-0.39, 0.29) is 11.5 Å². The molecule has 1 N–H and O–H groups in total. The standard InChI is InChI=1S/C22H21N3O6S/c1-29-15-5-2-4-12-10-13(21(28)31-18(12)15)20(27)25-8-7-14-17(11-25)32-22(23-14)24-19(26)16-6-3-9-30-16/h2,4-5,10,16H,3,6-9,11H2,1H3,(H,23,24,26). The van der Waals surface area contributed by atoms with E-state index in [4.69, 9.17) is 13.9 Å². The minimum absolute atomic E-state index is 0.0226. The third-order valence-electron chi connectivity index (χ3n) is 5.64. The van der Waals surface area contributed by atoms with Crippen LogP contribution < -0.4 is 15.7 Å². The molecule has 5 rings (SSSR count). The number of methoxy groups -OCH3 is 1. The maximum atomic E-state index is 13.1. The molecule has 4 heterocycles. The van der Waals surface area contributed by atoms with Gasteiger partial charge in [-0.05, 0) is 25.0 Å². The van der Waals surface area contributed by atoms with Gasteiger partial charge in [-0.25, -0.2) is 9.78 Å². The number of hydrogen-bond donors (Lipinski definition) is 1. The van der Waals surface area contributed by atoms with E-state index in [1.54, 1.807) is 29.2 Å². The van der Waals surface area contributed by atoms with E-state index in [1.165, 1.54) is 18.4 Å². The number of fused-ring (bicyclic) bond motifs is 2. The van der Waals surface area contributed by atoms with Crippen molar-refractivity contribution in [3.05, 3.63) is 50.8 Å². The number of benzene rings is 1. The lowest BCUT2D eigenvalue weighted by atomic mass is 10.1. The number of carbonyl (C=O) groups excluding carboxylic acids is 2. The Labute approximate surface area is 186 Å². The van der Waals surface area contributed by atoms with Gasteiger partial charge in [-0.15, -0.1) is 0 Å². The molecule has 1 fully saturated rings. The number of rotatable bonds is 4. The number of amides is 2. The molecule has 0 spiro atoms. The van der Waals surface area contributed by atoms with Gasteiger partial charge in [0.05, 0.1) is 19.3 Å². The SMILES string of the molecule is COc1cccc2cc(C(=O)N3CCc4nc(NC(=O)C5CCCO5)sc4C3)c(=O)oc12. The van der Waals surface area contributed by atoms with Crippen LogP contribution in [0.25, 0.3) is 11.0 Å². The van der Waals surface area contributed by atoms with Gasteiger partial charge < -0.3 is 18.8 Å². The van der Waals surface area contributed by atoms with E-state index in [0.29, 0.717) is 54.4 Å². The van der Waals surface area contributed by atoms with Gasteiger partial charge in [0, 0.05) is 29.8 Å². The van der Waals surface area contributed by atoms with Crippen LogP contribution in [0.5, 0.6) is 5.75 Å². The number of anilines is 1. The Hall–Kier alpha value is -3.24. The molecule has 1 unspecified atom stereocenters. The molecule has 0 saturated carbocycles. The third kappa shape index (κ3) is 3.76. The van der Waals surface area contributed by atoms with E-state index in [1.807, 2.05) is 0 Å². The van der Waals surface area contributed by atoms with Crippen molar-refractivity contribution in [2.45, 2.75) is 31.9 Å². The van der Waals surface area contributed by atoms with Crippen LogP contribution in [-0.4, -0.2) is 48.1 Å². The summed E-state index contributed by atoms with van der Waals surface area (Å²) in [6, 6.07) is 6.77. The summed E-state index contributed by atoms with van der Waals surface area (Å²) < 4.78 is 16.0. The molecule has 1 atom stereocenters. The van der Waals surface area contributed by atoms with Gasteiger partial charge in [0.15, 0.2) is 16.5 Å². The number of carbonyl (C=O) groups is 2. The lowest BCUT2D eigenvalue weighted by molar-refractivity contribution is -0.124. The largest absolute Gasteiger partial charge is 0.493 e. The van der Waals surface area contributed by atoms with Crippen LogP contribution in [0, 0.1) is 0 Å². The average molecular weight is 455 g/mol. The molecule has 3 aromatic rings. The van der Waals surface area contributed by atoms with Crippen LogP contribution in [0.1, 0.15) is 33.8 Å². The smallest absolute Gasteiger partial charge is 0.349 e. The van der Waals surface area contributed by atoms with Crippen molar-refractivity contribution in [3.63, 3.8) is 0 Å². The predicted molar refractivity (Wildman–Crippen MR) is 117 cm³/mol. The Kier molecular flexibility index (Phi) is 5.40. The number of nitrogens with zero attached hydrogens (tertiary/aromatic N) is 2. The van der Waals surface area contributed by atoms with Crippen molar-refractivity contribution in [2.24, 2.45) is 0 Å². The van der Waals surface area contributed by atoms with Crippen molar-refractivity contribution in [1.29, 1.82) is 0 Å². The van der Waals surface area contributed by atoms with Gasteiger partial charge in [0.25, 0.3) is 11.8 Å². The zero-order valence-electron chi connectivity index (χ0n) is 17.4. The second kappa shape index (κ2) is 8.36. The quantitative estimate of drug-likeness (QED) is 0.602. The Morgan fingerprint density at radius 1 is 1.34 bits per heavy atom. The molecule has 0 bridgehead atoms. The predicted octanol–water partition coefficient (Wildman–Crippen LogP) is 2.57. The van der Waals surface area contributed by atoms with Crippen LogP contribution in [0.3, 0.4) is 0 Å². The summed E-state index contributed by atoms with van der Waals surface area (Å²) in [4.78, 5) is 44.9. The fourth-order valence-corrected chi connectivity index (χ4v) is 5.02. The highest BCUT2D eigenvalue weighted by Crippen LogP contribution is 2.30. The first-order chi connectivity index (χ1) is 15.5. The van der Waals surface area contributed by atoms with E-state index in [9.17, 15) is 14.4 Å². The summed E-state index contributed by atoms with van der Waals surface area (Å²) in [7, 11) is 1.49. The Morgan fingerprint density at radius 3 is 3.00 bits per heavy atom. The number of thiazole rings is 1. The number of hydrogen-bond acceptors (Lipinski definition) is 8. The molecule has 32 heavy (non-hydrogen) atoms. The summed E-state index contributed by atoms with van der Waals surface area (Å²) in [6.07, 6.45) is 1.69. The third-order valence-corrected chi connectivity index (χ3v) is 6.64. The molecular formula is C22H21N3O6S. The summed E-state index contributed by atoms with van der Waals surface area (Å²) >= 11 is 1.34. The Morgan fingerprint density at radius 2 is 2.22 bits per heavy atom. The minimum Gasteiger partial charge on any atom is -0.493 e. The fraction of sp³-hybridized carbons (Fsp3) is 0.364. The normalized spacial score (nSPS) is 17.9. The molecule has 9 nitrogen and oxygen atoms in total. The monoisotopic (exact) mass is 455 g/mol. The number of ether oxygens (including phenoxy) is 2. The van der Waals surface area contributed by atoms with Crippen molar-refractivity contribution < 1.29 is 23.5 Å². The molecule has 0 radical (unpaired) electrons. The lowest BCUT2D eigenvalue weighted by Gasteiger charge is -2.25. The molecular weight excluding hydrogens is 434 g/mol. The van der Waals surface area contributed by atoms with Crippen LogP contribution in [0.2, 0.25) is 0 Å². The molecule has 10 heteroatoms. The van der Waals surface area contributed by atoms with Crippen molar-refractivity contribution in [2.75, 3.05) is 25.6 Å². The highest BCUT2D eigenvalue weighted by Gasteiger charge is 2.29. The van der Waals surface area contributed by atoms with Crippen molar-refractivity contribution in [3.8, 4) is 5.75 Å². The first kappa shape index (κ1) is 20.7. The van der Waals surface area contributed by atoms with Gasteiger partial charge in [0.1, 0.15) is 11.7 Å².